The molecule has 12 heavy (non-hydrogen) atoms. The summed E-state index contributed by atoms with van der Waals surface area (Å²) in [6.45, 7) is 3.62. The highest BCUT2D eigenvalue weighted by Gasteiger charge is 2.01. The minimum atomic E-state index is 0.335. The number of nitrogens with two attached hydrogens (primary N) is 1. The lowest BCUT2D eigenvalue weighted by Gasteiger charge is -2.12. The summed E-state index contributed by atoms with van der Waals surface area (Å²) in [5, 5.41) is 3.28. The summed E-state index contributed by atoms with van der Waals surface area (Å²) >= 11 is 0. The highest BCUT2D eigenvalue weighted by molar-refractivity contribution is 5.12. The highest BCUT2D eigenvalue weighted by atomic mass is 14.9. The zero-order valence-corrected chi connectivity index (χ0v) is 7.33. The van der Waals surface area contributed by atoms with Crippen LogP contribution in [-0.2, 0) is 0 Å². The molecule has 0 aliphatic heterocycles. The Morgan fingerprint density at radius 3 is 3.08 bits per heavy atom. The van der Waals surface area contributed by atoms with Crippen molar-refractivity contribution in [3.63, 3.8) is 0 Å². The SMILES string of the molecule is CC(NCCN)c1cccnc1. The lowest BCUT2D eigenvalue weighted by molar-refractivity contribution is 0.580. The van der Waals surface area contributed by atoms with E-state index in [1.54, 1.807) is 6.20 Å². The Morgan fingerprint density at radius 1 is 1.67 bits per heavy atom. The van der Waals surface area contributed by atoms with Crippen LogP contribution in [0.1, 0.15) is 18.5 Å². The number of aromatic nitrogens is 1. The largest absolute Gasteiger partial charge is 0.329 e. The molecule has 1 aromatic heterocycles. The fraction of sp³-hybridized carbons (Fsp3) is 0.444. The highest BCUT2D eigenvalue weighted by Crippen LogP contribution is 2.08. The minimum absolute atomic E-state index is 0.335. The van der Waals surface area contributed by atoms with Gasteiger partial charge in [0.25, 0.3) is 0 Å². The van der Waals surface area contributed by atoms with Gasteiger partial charge < -0.3 is 11.1 Å². The van der Waals surface area contributed by atoms with Crippen LogP contribution in [0.2, 0.25) is 0 Å². The van der Waals surface area contributed by atoms with Crippen molar-refractivity contribution < 1.29 is 0 Å². The molecule has 1 heterocycles. The first-order chi connectivity index (χ1) is 5.84. The number of nitrogens with one attached hydrogen (secondary N) is 1. The fourth-order valence-corrected chi connectivity index (χ4v) is 1.05. The maximum absolute atomic E-state index is 5.38. The van der Waals surface area contributed by atoms with Crippen LogP contribution < -0.4 is 11.1 Å². The maximum Gasteiger partial charge on any atom is 0.0315 e. The van der Waals surface area contributed by atoms with E-state index in [2.05, 4.69) is 23.3 Å². The molecule has 0 aliphatic rings. The second kappa shape index (κ2) is 4.85. The third-order valence-electron chi connectivity index (χ3n) is 1.78. The predicted octanol–water partition coefficient (Wildman–Crippen LogP) is 0.691. The van der Waals surface area contributed by atoms with Crippen molar-refractivity contribution in [1.29, 1.82) is 0 Å². The van der Waals surface area contributed by atoms with E-state index in [-0.39, 0.29) is 0 Å². The summed E-state index contributed by atoms with van der Waals surface area (Å²) in [7, 11) is 0. The Balaban J connectivity index is 2.48. The molecule has 0 radical (unpaired) electrons. The molecule has 0 amide bonds. The van der Waals surface area contributed by atoms with Crippen molar-refractivity contribution in [2.45, 2.75) is 13.0 Å². The van der Waals surface area contributed by atoms with Gasteiger partial charge in [-0.25, -0.2) is 0 Å². The van der Waals surface area contributed by atoms with E-state index >= 15 is 0 Å². The summed E-state index contributed by atoms with van der Waals surface area (Å²) in [6.07, 6.45) is 3.65. The van der Waals surface area contributed by atoms with Gasteiger partial charge in [-0.3, -0.25) is 4.98 Å². The molecule has 1 aromatic rings. The summed E-state index contributed by atoms with van der Waals surface area (Å²) in [6, 6.07) is 4.33. The van der Waals surface area contributed by atoms with Crippen molar-refractivity contribution in [1.82, 2.24) is 10.3 Å². The van der Waals surface area contributed by atoms with Gasteiger partial charge in [-0.05, 0) is 18.6 Å². The average Bonchev–Trinajstić information content (AvgIpc) is 2.15. The molecule has 3 N–H and O–H groups in total. The number of rotatable bonds is 4. The van der Waals surface area contributed by atoms with Crippen molar-refractivity contribution in [2.75, 3.05) is 13.1 Å². The third-order valence-corrected chi connectivity index (χ3v) is 1.78. The standard InChI is InChI=1S/C9H15N3/c1-8(12-6-4-10)9-3-2-5-11-7-9/h2-3,5,7-8,12H,4,6,10H2,1H3. The minimum Gasteiger partial charge on any atom is -0.329 e. The zero-order chi connectivity index (χ0) is 8.81. The van der Waals surface area contributed by atoms with Gasteiger partial charge in [-0.2, -0.15) is 0 Å². The van der Waals surface area contributed by atoms with Crippen LogP contribution in [0.3, 0.4) is 0 Å². The first-order valence-electron chi connectivity index (χ1n) is 4.18. The van der Waals surface area contributed by atoms with Gasteiger partial charge in [0.05, 0.1) is 0 Å². The predicted molar refractivity (Wildman–Crippen MR) is 49.7 cm³/mol. The molecule has 0 aromatic carbocycles. The third kappa shape index (κ3) is 2.60. The van der Waals surface area contributed by atoms with Crippen molar-refractivity contribution in [3.8, 4) is 0 Å². The van der Waals surface area contributed by atoms with Crippen molar-refractivity contribution in [3.05, 3.63) is 30.1 Å². The molecule has 0 fully saturated rings. The Hall–Kier alpha value is -0.930. The number of hydrogen-bond donors (Lipinski definition) is 2. The monoisotopic (exact) mass is 165 g/mol. The Bertz CT molecular complexity index is 210. The summed E-state index contributed by atoms with van der Waals surface area (Å²) < 4.78 is 0. The Labute approximate surface area is 73.0 Å². The van der Waals surface area contributed by atoms with E-state index < -0.39 is 0 Å². The number of pyridine rings is 1. The van der Waals surface area contributed by atoms with Crippen molar-refractivity contribution in [2.24, 2.45) is 5.73 Å². The Morgan fingerprint density at radius 2 is 2.50 bits per heavy atom. The average molecular weight is 165 g/mol. The lowest BCUT2D eigenvalue weighted by Crippen LogP contribution is -2.25. The molecule has 0 spiro atoms. The molecule has 66 valence electrons. The van der Waals surface area contributed by atoms with Gasteiger partial charge in [0.15, 0.2) is 0 Å². The summed E-state index contributed by atoms with van der Waals surface area (Å²) in [5.74, 6) is 0. The molecule has 3 heteroatoms. The van der Waals surface area contributed by atoms with Crippen molar-refractivity contribution >= 4 is 0 Å². The zero-order valence-electron chi connectivity index (χ0n) is 7.33. The van der Waals surface area contributed by atoms with Gasteiger partial charge in [-0.15, -0.1) is 0 Å². The van der Waals surface area contributed by atoms with Crippen LogP contribution in [0.4, 0.5) is 0 Å². The second-order valence-electron chi connectivity index (χ2n) is 2.75. The summed E-state index contributed by atoms with van der Waals surface area (Å²) in [5.41, 5.74) is 6.58. The molecule has 1 rings (SSSR count). The first-order valence-corrected chi connectivity index (χ1v) is 4.18. The number of hydrogen-bond acceptors (Lipinski definition) is 3. The van der Waals surface area contributed by atoms with Gasteiger partial charge in [0, 0.05) is 31.5 Å². The van der Waals surface area contributed by atoms with E-state index in [0.29, 0.717) is 12.6 Å². The van der Waals surface area contributed by atoms with Crippen LogP contribution in [0, 0.1) is 0 Å². The topological polar surface area (TPSA) is 50.9 Å². The maximum atomic E-state index is 5.38. The van der Waals surface area contributed by atoms with Gasteiger partial charge in [0.1, 0.15) is 0 Å². The first kappa shape index (κ1) is 9.16. The smallest absolute Gasteiger partial charge is 0.0315 e. The van der Waals surface area contributed by atoms with Gasteiger partial charge in [-0.1, -0.05) is 6.07 Å². The fourth-order valence-electron chi connectivity index (χ4n) is 1.05. The molecule has 3 nitrogen and oxygen atoms in total. The molecule has 1 unspecified atom stereocenters. The Kier molecular flexibility index (Phi) is 3.70. The molecule has 1 atom stereocenters. The molecular formula is C9H15N3. The van der Waals surface area contributed by atoms with E-state index in [0.717, 1.165) is 6.54 Å². The van der Waals surface area contributed by atoms with Crippen LogP contribution in [0.15, 0.2) is 24.5 Å². The van der Waals surface area contributed by atoms with Crippen LogP contribution in [0.25, 0.3) is 0 Å². The van der Waals surface area contributed by atoms with E-state index in [9.17, 15) is 0 Å². The molecular weight excluding hydrogens is 150 g/mol. The quantitative estimate of drug-likeness (QED) is 0.690. The normalized spacial score (nSPS) is 12.8. The molecule has 0 saturated carbocycles. The molecule has 0 bridgehead atoms. The number of nitrogens with zero attached hydrogens (tertiary/aromatic N) is 1. The van der Waals surface area contributed by atoms with E-state index in [1.165, 1.54) is 5.56 Å². The van der Waals surface area contributed by atoms with E-state index in [1.807, 2.05) is 12.3 Å². The molecule has 0 saturated heterocycles. The van der Waals surface area contributed by atoms with E-state index in [4.69, 9.17) is 5.73 Å². The molecule has 0 aliphatic carbocycles. The van der Waals surface area contributed by atoms with Crippen LogP contribution in [-0.4, -0.2) is 18.1 Å². The van der Waals surface area contributed by atoms with Crippen LogP contribution >= 0.6 is 0 Å². The second-order valence-corrected chi connectivity index (χ2v) is 2.75. The summed E-state index contributed by atoms with van der Waals surface area (Å²) in [4.78, 5) is 4.04. The van der Waals surface area contributed by atoms with Gasteiger partial charge in [0.2, 0.25) is 0 Å². The van der Waals surface area contributed by atoms with Gasteiger partial charge >= 0.3 is 0 Å². The van der Waals surface area contributed by atoms with Crippen LogP contribution in [0.5, 0.6) is 0 Å². The lowest BCUT2D eigenvalue weighted by atomic mass is 10.1.